The van der Waals surface area contributed by atoms with Gasteiger partial charge in [-0.2, -0.15) is 33.7 Å². The number of nitrogens with zero attached hydrogens (tertiary/aromatic N) is 7. The van der Waals surface area contributed by atoms with Crippen molar-refractivity contribution >= 4 is 11.6 Å². The van der Waals surface area contributed by atoms with Gasteiger partial charge in [0.05, 0.1) is 49.7 Å². The molecule has 1 amide bonds. The molecule has 1 aromatic carbocycles. The van der Waals surface area contributed by atoms with Crippen LogP contribution in [0.1, 0.15) is 27.2 Å². The molecule has 0 aliphatic carbocycles. The van der Waals surface area contributed by atoms with Gasteiger partial charge in [0.25, 0.3) is 5.91 Å². The number of carbonyl (C=O) groups is 1. The molecule has 0 radical (unpaired) electrons. The molecule has 4 aromatic rings. The lowest BCUT2D eigenvalue weighted by Crippen LogP contribution is -2.22. The number of alkyl halides is 3. The lowest BCUT2D eigenvalue weighted by Gasteiger charge is -2.13. The Hall–Kier alpha value is -4.73. The molecule has 0 saturated heterocycles. The van der Waals surface area contributed by atoms with Crippen molar-refractivity contribution in [3.8, 4) is 17.6 Å². The van der Waals surface area contributed by atoms with Crippen molar-refractivity contribution in [2.45, 2.75) is 12.7 Å². The molecule has 13 heteroatoms. The average molecular weight is 468 g/mol. The summed E-state index contributed by atoms with van der Waals surface area (Å²) in [7, 11) is 1.45. The molecule has 0 fully saturated rings. The summed E-state index contributed by atoms with van der Waals surface area (Å²) in [6.07, 6.45) is -0.0428. The van der Waals surface area contributed by atoms with E-state index in [1.807, 2.05) is 6.07 Å². The van der Waals surface area contributed by atoms with Crippen LogP contribution in [-0.4, -0.2) is 42.8 Å². The van der Waals surface area contributed by atoms with Gasteiger partial charge in [-0.05, 0) is 23.8 Å². The summed E-state index contributed by atoms with van der Waals surface area (Å²) < 4.78 is 47.4. The fourth-order valence-electron chi connectivity index (χ4n) is 3.21. The van der Waals surface area contributed by atoms with Crippen LogP contribution in [0.4, 0.5) is 18.9 Å². The third-order valence-electron chi connectivity index (χ3n) is 4.67. The molecule has 0 unspecified atom stereocenters. The van der Waals surface area contributed by atoms with Crippen LogP contribution < -0.4 is 10.1 Å². The molecule has 4 rings (SSSR count). The van der Waals surface area contributed by atoms with E-state index in [0.29, 0.717) is 16.0 Å². The summed E-state index contributed by atoms with van der Waals surface area (Å²) in [5.74, 6) is -0.474. The zero-order valence-corrected chi connectivity index (χ0v) is 17.5. The molecule has 0 atom stereocenters. The maximum atomic E-state index is 13.9. The first kappa shape index (κ1) is 22.5. The molecular weight excluding hydrogens is 453 g/mol. The van der Waals surface area contributed by atoms with Gasteiger partial charge in [-0.15, -0.1) is 4.80 Å². The van der Waals surface area contributed by atoms with Crippen molar-refractivity contribution in [3.05, 3.63) is 77.5 Å². The number of ether oxygens (including phenoxy) is 1. The fraction of sp³-hybridized carbons (Fsp3) is 0.143. The van der Waals surface area contributed by atoms with Crippen LogP contribution in [0.5, 0.6) is 5.75 Å². The smallest absolute Gasteiger partial charge is 0.433 e. The van der Waals surface area contributed by atoms with Crippen LogP contribution in [0.2, 0.25) is 0 Å². The number of nitriles is 1. The highest BCUT2D eigenvalue weighted by Crippen LogP contribution is 2.33. The highest BCUT2D eigenvalue weighted by molar-refractivity contribution is 6.05. The van der Waals surface area contributed by atoms with E-state index in [0.717, 1.165) is 11.0 Å². The van der Waals surface area contributed by atoms with Crippen LogP contribution in [0.15, 0.2) is 55.1 Å². The Morgan fingerprint density at radius 3 is 2.62 bits per heavy atom. The number of aromatic nitrogens is 6. The number of benzene rings is 1. The SMILES string of the molecule is COc1cccc(Cn2ncc(C(=O)Nc3cnc(-n4nccn4)c(C#N)c3)c2C(F)(F)F)c1. The zero-order valence-electron chi connectivity index (χ0n) is 17.5. The Balaban J connectivity index is 1.63. The first-order chi connectivity index (χ1) is 16.3. The maximum Gasteiger partial charge on any atom is 0.433 e. The number of amides is 1. The van der Waals surface area contributed by atoms with E-state index in [1.54, 1.807) is 24.3 Å². The highest BCUT2D eigenvalue weighted by atomic mass is 19.4. The van der Waals surface area contributed by atoms with E-state index in [-0.39, 0.29) is 23.6 Å². The molecule has 34 heavy (non-hydrogen) atoms. The number of hydrogen-bond donors (Lipinski definition) is 1. The second kappa shape index (κ2) is 9.02. The number of halogens is 3. The Morgan fingerprint density at radius 2 is 1.94 bits per heavy atom. The van der Waals surface area contributed by atoms with E-state index in [1.165, 1.54) is 31.8 Å². The minimum Gasteiger partial charge on any atom is -0.497 e. The summed E-state index contributed by atoms with van der Waals surface area (Å²) in [6, 6.07) is 9.65. The van der Waals surface area contributed by atoms with Crippen molar-refractivity contribution in [2.75, 3.05) is 12.4 Å². The number of hydrogen-bond acceptors (Lipinski definition) is 7. The molecular formula is C21H15F3N8O2. The van der Waals surface area contributed by atoms with E-state index in [4.69, 9.17) is 4.74 Å². The van der Waals surface area contributed by atoms with Crippen LogP contribution >= 0.6 is 0 Å². The largest absolute Gasteiger partial charge is 0.497 e. The van der Waals surface area contributed by atoms with Crippen molar-refractivity contribution in [3.63, 3.8) is 0 Å². The van der Waals surface area contributed by atoms with Crippen molar-refractivity contribution in [2.24, 2.45) is 0 Å². The molecule has 0 spiro atoms. The minimum atomic E-state index is -4.85. The van der Waals surface area contributed by atoms with Gasteiger partial charge in [0.2, 0.25) is 0 Å². The minimum absolute atomic E-state index is 0.0127. The first-order valence-electron chi connectivity index (χ1n) is 9.64. The standard InChI is InChI=1S/C21H15F3N8O2/c1-34-16-4-2-3-13(7-16)12-31-18(21(22,23)24)17(11-29-31)20(33)30-15-8-14(9-25)19(26-10-15)32-27-5-6-28-32/h2-8,10-11H,12H2,1H3,(H,30,33). The molecule has 3 heterocycles. The predicted molar refractivity (Wildman–Crippen MR) is 111 cm³/mol. The van der Waals surface area contributed by atoms with Gasteiger partial charge in [0, 0.05) is 0 Å². The van der Waals surface area contributed by atoms with Gasteiger partial charge in [0.1, 0.15) is 17.4 Å². The van der Waals surface area contributed by atoms with Crippen LogP contribution in [-0.2, 0) is 12.7 Å². The van der Waals surface area contributed by atoms with E-state index in [2.05, 4.69) is 25.6 Å². The molecule has 172 valence electrons. The van der Waals surface area contributed by atoms with E-state index < -0.39 is 23.3 Å². The Bertz CT molecular complexity index is 1370. The Kier molecular flexibility index (Phi) is 5.96. The van der Waals surface area contributed by atoms with Crippen molar-refractivity contribution < 1.29 is 22.7 Å². The van der Waals surface area contributed by atoms with E-state index >= 15 is 0 Å². The quantitative estimate of drug-likeness (QED) is 0.461. The number of anilines is 1. The van der Waals surface area contributed by atoms with Gasteiger partial charge in [-0.3, -0.25) is 9.48 Å². The molecule has 0 aliphatic heterocycles. The van der Waals surface area contributed by atoms with E-state index in [9.17, 15) is 23.2 Å². The number of carbonyl (C=O) groups excluding carboxylic acids is 1. The van der Waals surface area contributed by atoms with Gasteiger partial charge in [0.15, 0.2) is 11.5 Å². The summed E-state index contributed by atoms with van der Waals surface area (Å²) in [6.45, 7) is -0.231. The third-order valence-corrected chi connectivity index (χ3v) is 4.67. The second-order valence-electron chi connectivity index (χ2n) is 6.89. The zero-order chi connectivity index (χ0) is 24.3. The topological polar surface area (TPSA) is 124 Å². The van der Waals surface area contributed by atoms with Crippen LogP contribution in [0.3, 0.4) is 0 Å². The van der Waals surface area contributed by atoms with Gasteiger partial charge >= 0.3 is 6.18 Å². The summed E-state index contributed by atoms with van der Waals surface area (Å²) in [5.41, 5.74) is -1.35. The van der Waals surface area contributed by atoms with Crippen molar-refractivity contribution in [1.82, 2.24) is 29.8 Å². The Morgan fingerprint density at radius 1 is 1.18 bits per heavy atom. The van der Waals surface area contributed by atoms with Gasteiger partial charge in [-0.1, -0.05) is 12.1 Å². The van der Waals surface area contributed by atoms with Crippen LogP contribution in [0, 0.1) is 11.3 Å². The summed E-state index contributed by atoms with van der Waals surface area (Å²) in [4.78, 5) is 17.9. The lowest BCUT2D eigenvalue weighted by molar-refractivity contribution is -0.144. The Labute approximate surface area is 190 Å². The molecule has 0 saturated carbocycles. The lowest BCUT2D eigenvalue weighted by atomic mass is 10.2. The monoisotopic (exact) mass is 468 g/mol. The van der Waals surface area contributed by atoms with Gasteiger partial charge in [-0.25, -0.2) is 4.98 Å². The molecule has 0 bridgehead atoms. The molecule has 1 N–H and O–H groups in total. The van der Waals surface area contributed by atoms with Gasteiger partial charge < -0.3 is 10.1 Å². The maximum absolute atomic E-state index is 13.9. The molecule has 10 nitrogen and oxygen atoms in total. The second-order valence-corrected chi connectivity index (χ2v) is 6.89. The van der Waals surface area contributed by atoms with Crippen LogP contribution in [0.25, 0.3) is 5.82 Å². The summed E-state index contributed by atoms with van der Waals surface area (Å²) >= 11 is 0. The normalized spacial score (nSPS) is 11.1. The summed E-state index contributed by atoms with van der Waals surface area (Å²) in [5, 5.41) is 23.3. The first-order valence-corrected chi connectivity index (χ1v) is 9.64. The highest BCUT2D eigenvalue weighted by Gasteiger charge is 2.40. The average Bonchev–Trinajstić information content (AvgIpc) is 3.49. The predicted octanol–water partition coefficient (Wildman–Crippen LogP) is 3.06. The number of nitrogens with one attached hydrogen (secondary N) is 1. The number of pyridine rings is 1. The fourth-order valence-corrected chi connectivity index (χ4v) is 3.21. The molecule has 0 aliphatic rings. The van der Waals surface area contributed by atoms with Crippen molar-refractivity contribution in [1.29, 1.82) is 5.26 Å². The molecule has 3 aromatic heterocycles. The third kappa shape index (κ3) is 4.56. The number of rotatable bonds is 6. The number of methoxy groups -OCH3 is 1.